The van der Waals surface area contributed by atoms with E-state index in [-0.39, 0.29) is 25.3 Å². The highest BCUT2D eigenvalue weighted by molar-refractivity contribution is 5.82. The number of hydrogen-bond donors (Lipinski definition) is 1. The Kier molecular flexibility index (Phi) is 4.94. The fourth-order valence-electron chi connectivity index (χ4n) is 3.13. The smallest absolute Gasteiger partial charge is 0.341 e. The van der Waals surface area contributed by atoms with Gasteiger partial charge in [0, 0.05) is 19.6 Å². The quantitative estimate of drug-likeness (QED) is 0.848. The summed E-state index contributed by atoms with van der Waals surface area (Å²) in [6.45, 7) is 3.52. The third-order valence-electron chi connectivity index (χ3n) is 4.68. The van der Waals surface area contributed by atoms with Gasteiger partial charge >= 0.3 is 6.18 Å². The molecule has 2 rings (SSSR count). The van der Waals surface area contributed by atoms with Gasteiger partial charge < -0.3 is 10.2 Å². The zero-order chi connectivity index (χ0) is 14.8. The van der Waals surface area contributed by atoms with Crippen LogP contribution in [0, 0.1) is 11.8 Å². The van der Waals surface area contributed by atoms with Crippen LogP contribution in [0.25, 0.3) is 0 Å². The highest BCUT2D eigenvalue weighted by atomic mass is 19.4. The van der Waals surface area contributed by atoms with E-state index in [0.717, 1.165) is 32.4 Å². The first-order chi connectivity index (χ1) is 9.41. The summed E-state index contributed by atoms with van der Waals surface area (Å²) in [5.74, 6) is -0.634. The lowest BCUT2D eigenvalue weighted by atomic mass is 9.91. The van der Waals surface area contributed by atoms with Crippen molar-refractivity contribution in [3.05, 3.63) is 0 Å². The maximum absolute atomic E-state index is 12.6. The number of alkyl halides is 3. The van der Waals surface area contributed by atoms with Gasteiger partial charge in [0.05, 0.1) is 12.0 Å². The first-order valence-electron chi connectivity index (χ1n) is 7.50. The summed E-state index contributed by atoms with van der Waals surface area (Å²) in [7, 11) is 0. The maximum atomic E-state index is 12.6. The summed E-state index contributed by atoms with van der Waals surface area (Å²) >= 11 is 0. The van der Waals surface area contributed by atoms with Gasteiger partial charge in [-0.05, 0) is 31.6 Å². The Balaban J connectivity index is 1.80. The van der Waals surface area contributed by atoms with E-state index in [1.807, 2.05) is 4.90 Å². The van der Waals surface area contributed by atoms with Crippen molar-refractivity contribution in [1.29, 1.82) is 0 Å². The van der Waals surface area contributed by atoms with Gasteiger partial charge in [0.2, 0.25) is 5.91 Å². The van der Waals surface area contributed by atoms with Gasteiger partial charge in [0.25, 0.3) is 0 Å². The number of nitrogens with one attached hydrogen (secondary N) is 1. The van der Waals surface area contributed by atoms with Crippen molar-refractivity contribution >= 4 is 5.91 Å². The Hall–Kier alpha value is -0.780. The van der Waals surface area contributed by atoms with Gasteiger partial charge in [0.1, 0.15) is 0 Å². The van der Waals surface area contributed by atoms with Gasteiger partial charge in [-0.2, -0.15) is 13.2 Å². The minimum Gasteiger partial charge on any atom is -0.341 e. The van der Waals surface area contributed by atoms with Crippen LogP contribution in [0.1, 0.15) is 39.0 Å². The van der Waals surface area contributed by atoms with Crippen molar-refractivity contribution in [3.63, 3.8) is 0 Å². The number of piperidine rings is 2. The third kappa shape index (κ3) is 3.65. The number of nitrogens with zero attached hydrogens (tertiary/aromatic N) is 1. The molecule has 2 atom stereocenters. The van der Waals surface area contributed by atoms with Gasteiger partial charge in [-0.25, -0.2) is 0 Å². The van der Waals surface area contributed by atoms with Crippen molar-refractivity contribution in [2.24, 2.45) is 11.8 Å². The first-order valence-corrected chi connectivity index (χ1v) is 7.50. The van der Waals surface area contributed by atoms with Crippen LogP contribution in [0.2, 0.25) is 0 Å². The molecule has 0 spiro atoms. The molecule has 0 bridgehead atoms. The second kappa shape index (κ2) is 6.33. The van der Waals surface area contributed by atoms with Crippen molar-refractivity contribution in [3.8, 4) is 0 Å². The van der Waals surface area contributed by atoms with E-state index in [9.17, 15) is 18.0 Å². The lowest BCUT2D eigenvalue weighted by Gasteiger charge is -2.37. The SMILES string of the molecule is CCC1CCN(C(=O)C2CCC(C(F)(F)F)CN2)CC1. The number of likely N-dealkylation sites (tertiary alicyclic amines) is 1. The minimum absolute atomic E-state index is 0.0137. The summed E-state index contributed by atoms with van der Waals surface area (Å²) in [6, 6.07) is -0.424. The van der Waals surface area contributed by atoms with E-state index in [1.54, 1.807) is 0 Å². The molecule has 1 amide bonds. The Morgan fingerprint density at radius 1 is 1.20 bits per heavy atom. The van der Waals surface area contributed by atoms with Crippen LogP contribution in [0.4, 0.5) is 13.2 Å². The Morgan fingerprint density at radius 2 is 1.85 bits per heavy atom. The molecule has 0 radical (unpaired) electrons. The van der Waals surface area contributed by atoms with E-state index >= 15 is 0 Å². The minimum atomic E-state index is -4.15. The van der Waals surface area contributed by atoms with Gasteiger partial charge in [-0.15, -0.1) is 0 Å². The van der Waals surface area contributed by atoms with Gasteiger partial charge in [-0.1, -0.05) is 13.3 Å². The van der Waals surface area contributed by atoms with Crippen molar-refractivity contribution < 1.29 is 18.0 Å². The average molecular weight is 292 g/mol. The highest BCUT2D eigenvalue weighted by Gasteiger charge is 2.43. The molecule has 116 valence electrons. The Labute approximate surface area is 117 Å². The monoisotopic (exact) mass is 292 g/mol. The summed E-state index contributed by atoms with van der Waals surface area (Å²) in [4.78, 5) is 14.1. The molecule has 0 aliphatic carbocycles. The number of amides is 1. The lowest BCUT2D eigenvalue weighted by Crippen LogP contribution is -2.53. The zero-order valence-electron chi connectivity index (χ0n) is 11.9. The second-order valence-electron chi connectivity index (χ2n) is 5.95. The average Bonchev–Trinajstić information content (AvgIpc) is 2.46. The predicted molar refractivity (Wildman–Crippen MR) is 70.2 cm³/mol. The molecular weight excluding hydrogens is 269 g/mol. The summed E-state index contributed by atoms with van der Waals surface area (Å²) in [5, 5.41) is 2.79. The molecule has 6 heteroatoms. The van der Waals surface area contributed by atoms with E-state index in [1.165, 1.54) is 0 Å². The van der Waals surface area contributed by atoms with Crippen molar-refractivity contribution in [2.45, 2.75) is 51.2 Å². The van der Waals surface area contributed by atoms with Gasteiger partial charge in [-0.3, -0.25) is 4.79 Å². The molecule has 20 heavy (non-hydrogen) atoms. The Morgan fingerprint density at radius 3 is 2.30 bits per heavy atom. The number of carbonyl (C=O) groups excluding carboxylic acids is 1. The van der Waals surface area contributed by atoms with Crippen LogP contribution >= 0.6 is 0 Å². The molecule has 0 aromatic carbocycles. The van der Waals surface area contributed by atoms with Crippen LogP contribution in [-0.2, 0) is 4.79 Å². The number of carbonyl (C=O) groups is 1. The molecule has 1 N–H and O–H groups in total. The zero-order valence-corrected chi connectivity index (χ0v) is 11.9. The number of hydrogen-bond acceptors (Lipinski definition) is 2. The number of halogens is 3. The molecule has 3 nitrogen and oxygen atoms in total. The Bertz CT molecular complexity index is 330. The highest BCUT2D eigenvalue weighted by Crippen LogP contribution is 2.32. The molecule has 0 saturated carbocycles. The number of rotatable bonds is 2. The molecule has 2 fully saturated rings. The molecular formula is C14H23F3N2O. The van der Waals surface area contributed by atoms with E-state index in [2.05, 4.69) is 12.2 Å². The van der Waals surface area contributed by atoms with Crippen LogP contribution < -0.4 is 5.32 Å². The van der Waals surface area contributed by atoms with Crippen LogP contribution in [-0.4, -0.2) is 42.7 Å². The standard InChI is InChI=1S/C14H23F3N2O/c1-2-10-5-7-19(8-6-10)13(20)12-4-3-11(9-18-12)14(15,16)17/h10-12,18H,2-9H2,1H3. The predicted octanol–water partition coefficient (Wildman–Crippen LogP) is 2.57. The first kappa shape index (κ1) is 15.6. The van der Waals surface area contributed by atoms with E-state index < -0.39 is 18.1 Å². The molecule has 2 aliphatic rings. The van der Waals surface area contributed by atoms with Gasteiger partial charge in [0.15, 0.2) is 0 Å². The lowest BCUT2D eigenvalue weighted by molar-refractivity contribution is -0.180. The normalized spacial score (nSPS) is 29.5. The van der Waals surface area contributed by atoms with Crippen LogP contribution in [0.15, 0.2) is 0 Å². The summed E-state index contributed by atoms with van der Waals surface area (Å²) in [5.41, 5.74) is 0. The summed E-state index contributed by atoms with van der Waals surface area (Å²) < 4.78 is 37.7. The summed E-state index contributed by atoms with van der Waals surface area (Å²) in [6.07, 6.45) is -0.646. The van der Waals surface area contributed by atoms with E-state index in [4.69, 9.17) is 0 Å². The van der Waals surface area contributed by atoms with Crippen molar-refractivity contribution in [2.75, 3.05) is 19.6 Å². The second-order valence-corrected chi connectivity index (χ2v) is 5.95. The molecule has 2 saturated heterocycles. The fourth-order valence-corrected chi connectivity index (χ4v) is 3.13. The fraction of sp³-hybridized carbons (Fsp3) is 0.929. The molecule has 0 aromatic rings. The van der Waals surface area contributed by atoms with E-state index in [0.29, 0.717) is 5.92 Å². The van der Waals surface area contributed by atoms with Crippen molar-refractivity contribution in [1.82, 2.24) is 10.2 Å². The molecule has 2 aliphatic heterocycles. The van der Waals surface area contributed by atoms with Crippen LogP contribution in [0.5, 0.6) is 0 Å². The molecule has 0 aromatic heterocycles. The third-order valence-corrected chi connectivity index (χ3v) is 4.68. The topological polar surface area (TPSA) is 32.3 Å². The van der Waals surface area contributed by atoms with Crippen LogP contribution in [0.3, 0.4) is 0 Å². The molecule has 2 unspecified atom stereocenters. The largest absolute Gasteiger partial charge is 0.393 e. The maximum Gasteiger partial charge on any atom is 0.393 e. The molecule has 2 heterocycles.